The number of nitrogens with two attached hydrogens (primary N) is 1. The maximum atomic E-state index is 12.3. The first-order valence-corrected chi connectivity index (χ1v) is 7.73. The molecular formula is C11H16BrN3O3S. The van der Waals surface area contributed by atoms with Crippen LogP contribution >= 0.6 is 15.9 Å². The highest BCUT2D eigenvalue weighted by molar-refractivity contribution is 9.10. The number of carbonyl (C=O) groups excluding carboxylic acids is 1. The number of amides is 1. The molecule has 0 aliphatic rings. The molecule has 3 N–H and O–H groups in total. The summed E-state index contributed by atoms with van der Waals surface area (Å²) in [6.45, 7) is 0.865. The van der Waals surface area contributed by atoms with Crippen LogP contribution < -0.4 is 11.1 Å². The molecule has 106 valence electrons. The molecular weight excluding hydrogens is 334 g/mol. The molecule has 0 aliphatic carbocycles. The third-order valence-electron chi connectivity index (χ3n) is 2.54. The molecule has 0 aliphatic heterocycles. The van der Waals surface area contributed by atoms with Crippen molar-refractivity contribution in [2.75, 3.05) is 27.2 Å². The zero-order chi connectivity index (χ0) is 14.6. The average molecular weight is 350 g/mol. The number of rotatable bonds is 6. The maximum absolute atomic E-state index is 12.3. The zero-order valence-corrected chi connectivity index (χ0v) is 13.1. The van der Waals surface area contributed by atoms with Crippen molar-refractivity contribution in [1.29, 1.82) is 0 Å². The topological polar surface area (TPSA) is 92.5 Å². The van der Waals surface area contributed by atoms with Gasteiger partial charge in [0.2, 0.25) is 15.9 Å². The zero-order valence-electron chi connectivity index (χ0n) is 10.7. The Morgan fingerprint density at radius 2 is 2.05 bits per heavy atom. The standard InChI is InChI=1S/C11H16BrN3O3S/c1-14-3-4-15(2)19(17,18)10-6-8(11(13)16)5-9(12)7-10/h5-7,14H,3-4H2,1-2H3,(H2,13,16). The van der Waals surface area contributed by atoms with Gasteiger partial charge >= 0.3 is 0 Å². The Balaban J connectivity index is 3.17. The third kappa shape index (κ3) is 4.00. The predicted octanol–water partition coefficient (Wildman–Crippen LogP) is 0.388. The van der Waals surface area contributed by atoms with Crippen molar-refractivity contribution in [2.45, 2.75) is 4.90 Å². The van der Waals surface area contributed by atoms with Crippen LogP contribution in [0.15, 0.2) is 27.6 Å². The van der Waals surface area contributed by atoms with Crippen molar-refractivity contribution >= 4 is 31.9 Å². The summed E-state index contributed by atoms with van der Waals surface area (Å²) in [4.78, 5) is 11.2. The number of halogens is 1. The van der Waals surface area contributed by atoms with Gasteiger partial charge < -0.3 is 11.1 Å². The average Bonchev–Trinajstić information content (AvgIpc) is 2.34. The Kier molecular flexibility index (Phi) is 5.48. The maximum Gasteiger partial charge on any atom is 0.248 e. The minimum atomic E-state index is -3.63. The van der Waals surface area contributed by atoms with Crippen molar-refractivity contribution in [3.8, 4) is 0 Å². The smallest absolute Gasteiger partial charge is 0.248 e. The van der Waals surface area contributed by atoms with Crippen molar-refractivity contribution < 1.29 is 13.2 Å². The number of primary amides is 1. The number of benzene rings is 1. The summed E-state index contributed by atoms with van der Waals surface area (Å²) in [7, 11) is -0.410. The SMILES string of the molecule is CNCCN(C)S(=O)(=O)c1cc(Br)cc(C(N)=O)c1. The molecule has 0 bridgehead atoms. The van der Waals surface area contributed by atoms with Crippen LogP contribution in [0, 0.1) is 0 Å². The van der Waals surface area contributed by atoms with Gasteiger partial charge in [0.25, 0.3) is 0 Å². The van der Waals surface area contributed by atoms with Gasteiger partial charge in [-0.3, -0.25) is 4.79 Å². The monoisotopic (exact) mass is 349 g/mol. The van der Waals surface area contributed by atoms with E-state index in [-0.39, 0.29) is 10.5 Å². The van der Waals surface area contributed by atoms with Gasteiger partial charge in [-0.15, -0.1) is 0 Å². The fourth-order valence-electron chi connectivity index (χ4n) is 1.42. The Bertz CT molecular complexity index is 575. The van der Waals surface area contributed by atoms with Gasteiger partial charge in [0, 0.05) is 30.2 Å². The summed E-state index contributed by atoms with van der Waals surface area (Å²) in [5, 5.41) is 2.87. The lowest BCUT2D eigenvalue weighted by atomic mass is 10.2. The van der Waals surface area contributed by atoms with E-state index in [4.69, 9.17) is 5.73 Å². The van der Waals surface area contributed by atoms with Gasteiger partial charge in [-0.05, 0) is 25.2 Å². The number of nitrogens with zero attached hydrogens (tertiary/aromatic N) is 1. The molecule has 0 heterocycles. The Morgan fingerprint density at radius 3 is 2.58 bits per heavy atom. The largest absolute Gasteiger partial charge is 0.366 e. The molecule has 0 spiro atoms. The summed E-state index contributed by atoms with van der Waals surface area (Å²) >= 11 is 3.17. The molecule has 0 atom stereocenters. The van der Waals surface area contributed by atoms with E-state index in [9.17, 15) is 13.2 Å². The first-order valence-electron chi connectivity index (χ1n) is 5.50. The van der Waals surface area contributed by atoms with Crippen LogP contribution in [0.4, 0.5) is 0 Å². The fraction of sp³-hybridized carbons (Fsp3) is 0.364. The molecule has 0 aromatic heterocycles. The second-order valence-corrected chi connectivity index (χ2v) is 6.93. The third-order valence-corrected chi connectivity index (χ3v) is 4.83. The van der Waals surface area contributed by atoms with Crippen LogP contribution in [0.25, 0.3) is 0 Å². The lowest BCUT2D eigenvalue weighted by molar-refractivity contribution is 0.1000. The molecule has 1 rings (SSSR count). The van der Waals surface area contributed by atoms with Crippen LogP contribution in [0.1, 0.15) is 10.4 Å². The van der Waals surface area contributed by atoms with Crippen molar-refractivity contribution in [1.82, 2.24) is 9.62 Å². The van der Waals surface area contributed by atoms with Crippen LogP contribution in [0.3, 0.4) is 0 Å². The van der Waals surface area contributed by atoms with Crippen LogP contribution in [-0.2, 0) is 10.0 Å². The highest BCUT2D eigenvalue weighted by atomic mass is 79.9. The molecule has 0 unspecified atom stereocenters. The van der Waals surface area contributed by atoms with E-state index >= 15 is 0 Å². The minimum absolute atomic E-state index is 0.0364. The Hall–Kier alpha value is -0.960. The molecule has 6 nitrogen and oxygen atoms in total. The van der Waals surface area contributed by atoms with E-state index in [2.05, 4.69) is 21.2 Å². The van der Waals surface area contributed by atoms with Crippen LogP contribution in [0.5, 0.6) is 0 Å². The lowest BCUT2D eigenvalue weighted by Gasteiger charge is -2.17. The van der Waals surface area contributed by atoms with Gasteiger partial charge in [-0.2, -0.15) is 4.31 Å². The van der Waals surface area contributed by atoms with Gasteiger partial charge in [-0.25, -0.2) is 8.42 Å². The van der Waals surface area contributed by atoms with Crippen molar-refractivity contribution in [2.24, 2.45) is 5.73 Å². The molecule has 1 aromatic rings. The van der Waals surface area contributed by atoms with Gasteiger partial charge in [0.15, 0.2) is 0 Å². The number of sulfonamides is 1. The van der Waals surface area contributed by atoms with E-state index in [0.29, 0.717) is 17.6 Å². The number of nitrogens with one attached hydrogen (secondary N) is 1. The Labute approximate surface area is 121 Å². The number of likely N-dealkylation sites (N-methyl/N-ethyl adjacent to an activating group) is 2. The molecule has 0 fully saturated rings. The summed E-state index contributed by atoms with van der Waals surface area (Å²) in [5.41, 5.74) is 5.32. The van der Waals surface area contributed by atoms with Crippen LogP contribution in [-0.4, -0.2) is 45.8 Å². The summed E-state index contributed by atoms with van der Waals surface area (Å²) in [6, 6.07) is 4.20. The van der Waals surface area contributed by atoms with E-state index in [1.807, 2.05) is 0 Å². The van der Waals surface area contributed by atoms with Gasteiger partial charge in [-0.1, -0.05) is 15.9 Å². The van der Waals surface area contributed by atoms with Gasteiger partial charge in [0.05, 0.1) is 4.90 Å². The summed E-state index contributed by atoms with van der Waals surface area (Å²) in [6.07, 6.45) is 0. The molecule has 1 amide bonds. The second-order valence-electron chi connectivity index (χ2n) is 3.97. The van der Waals surface area contributed by atoms with E-state index in [1.54, 1.807) is 7.05 Å². The molecule has 8 heteroatoms. The molecule has 19 heavy (non-hydrogen) atoms. The van der Waals surface area contributed by atoms with E-state index < -0.39 is 15.9 Å². The fourth-order valence-corrected chi connectivity index (χ4v) is 3.31. The Morgan fingerprint density at radius 1 is 1.42 bits per heavy atom. The summed E-state index contributed by atoms with van der Waals surface area (Å²) in [5.74, 6) is -0.671. The molecule has 0 saturated heterocycles. The summed E-state index contributed by atoms with van der Waals surface area (Å²) < 4.78 is 26.3. The normalized spacial score (nSPS) is 11.8. The highest BCUT2D eigenvalue weighted by Crippen LogP contribution is 2.21. The number of carbonyl (C=O) groups is 1. The van der Waals surface area contributed by atoms with Crippen LogP contribution in [0.2, 0.25) is 0 Å². The minimum Gasteiger partial charge on any atom is -0.366 e. The van der Waals surface area contributed by atoms with Crippen molar-refractivity contribution in [3.63, 3.8) is 0 Å². The molecule has 0 saturated carbocycles. The van der Waals surface area contributed by atoms with E-state index in [0.717, 1.165) is 0 Å². The number of hydrogen-bond donors (Lipinski definition) is 2. The van der Waals surface area contributed by atoms with E-state index in [1.165, 1.54) is 29.6 Å². The highest BCUT2D eigenvalue weighted by Gasteiger charge is 2.22. The molecule has 1 aromatic carbocycles. The number of hydrogen-bond acceptors (Lipinski definition) is 4. The first-order chi connectivity index (χ1) is 8.78. The second kappa shape index (κ2) is 6.47. The van der Waals surface area contributed by atoms with Gasteiger partial charge in [0.1, 0.15) is 0 Å². The lowest BCUT2D eigenvalue weighted by Crippen LogP contribution is -2.33. The quantitative estimate of drug-likeness (QED) is 0.776. The molecule has 0 radical (unpaired) electrons. The first kappa shape index (κ1) is 16.1. The predicted molar refractivity (Wildman–Crippen MR) is 76.4 cm³/mol. The van der Waals surface area contributed by atoms with Crippen molar-refractivity contribution in [3.05, 3.63) is 28.2 Å².